The van der Waals surface area contributed by atoms with Crippen molar-refractivity contribution < 1.29 is 13.6 Å². The molecule has 2 aromatic carbocycles. The van der Waals surface area contributed by atoms with Crippen molar-refractivity contribution in [3.05, 3.63) is 77.7 Å². The number of amides is 1. The molecule has 0 saturated heterocycles. The van der Waals surface area contributed by atoms with E-state index in [-0.39, 0.29) is 11.7 Å². The van der Waals surface area contributed by atoms with Crippen molar-refractivity contribution in [1.82, 2.24) is 9.97 Å². The van der Waals surface area contributed by atoms with Crippen LogP contribution in [0.5, 0.6) is 0 Å². The lowest BCUT2D eigenvalue weighted by atomic mass is 10.1. The first-order valence-corrected chi connectivity index (χ1v) is 8.00. The molecule has 0 aliphatic rings. The quantitative estimate of drug-likeness (QED) is 0.588. The van der Waals surface area contributed by atoms with Crippen LogP contribution in [0.1, 0.15) is 15.9 Å². The van der Waals surface area contributed by atoms with Gasteiger partial charge in [-0.25, -0.2) is 9.37 Å². The Labute approximate surface area is 148 Å². The van der Waals surface area contributed by atoms with Gasteiger partial charge in [-0.3, -0.25) is 4.79 Å². The standard InChI is InChI=1S/C20H14FN3O2/c1-12-4-5-14(20-24-18-17(26-20)3-2-10-22-18)11-16(12)23-19(25)13-6-8-15(21)9-7-13/h2-11H,1H3,(H,23,25). The van der Waals surface area contributed by atoms with Gasteiger partial charge < -0.3 is 9.73 Å². The van der Waals surface area contributed by atoms with Gasteiger partial charge in [0.15, 0.2) is 11.2 Å². The van der Waals surface area contributed by atoms with Crippen LogP contribution in [-0.4, -0.2) is 15.9 Å². The van der Waals surface area contributed by atoms with E-state index in [9.17, 15) is 9.18 Å². The molecule has 0 atom stereocenters. The summed E-state index contributed by atoms with van der Waals surface area (Å²) in [6.07, 6.45) is 1.65. The van der Waals surface area contributed by atoms with E-state index in [0.717, 1.165) is 11.1 Å². The molecule has 0 spiro atoms. The van der Waals surface area contributed by atoms with Crippen LogP contribution in [0.25, 0.3) is 22.7 Å². The van der Waals surface area contributed by atoms with Crippen molar-refractivity contribution in [2.45, 2.75) is 6.92 Å². The number of hydrogen-bond acceptors (Lipinski definition) is 4. The number of rotatable bonds is 3. The predicted octanol–water partition coefficient (Wildman–Crippen LogP) is 4.59. The topological polar surface area (TPSA) is 68.0 Å². The highest BCUT2D eigenvalue weighted by Crippen LogP contribution is 2.27. The maximum absolute atomic E-state index is 13.0. The molecule has 0 fully saturated rings. The SMILES string of the molecule is Cc1ccc(-c2nc3ncccc3o2)cc1NC(=O)c1ccc(F)cc1. The minimum Gasteiger partial charge on any atom is -0.434 e. The van der Waals surface area contributed by atoms with Crippen LogP contribution in [-0.2, 0) is 0 Å². The second-order valence-electron chi connectivity index (χ2n) is 5.83. The Hall–Kier alpha value is -3.54. The fraction of sp³-hybridized carbons (Fsp3) is 0.0500. The van der Waals surface area contributed by atoms with E-state index in [1.165, 1.54) is 24.3 Å². The van der Waals surface area contributed by atoms with Crippen molar-refractivity contribution in [1.29, 1.82) is 0 Å². The third kappa shape index (κ3) is 3.04. The van der Waals surface area contributed by atoms with Crippen molar-refractivity contribution in [3.63, 3.8) is 0 Å². The number of nitrogens with zero attached hydrogens (tertiary/aromatic N) is 2. The Morgan fingerprint density at radius 3 is 2.69 bits per heavy atom. The van der Waals surface area contributed by atoms with Gasteiger partial charge in [-0.1, -0.05) is 6.07 Å². The molecular formula is C20H14FN3O2. The number of halogens is 1. The number of nitrogens with one attached hydrogen (secondary N) is 1. The Balaban J connectivity index is 1.65. The Morgan fingerprint density at radius 1 is 1.12 bits per heavy atom. The fourth-order valence-electron chi connectivity index (χ4n) is 2.58. The van der Waals surface area contributed by atoms with Crippen LogP contribution < -0.4 is 5.32 Å². The summed E-state index contributed by atoms with van der Waals surface area (Å²) in [5.74, 6) is -0.273. The van der Waals surface area contributed by atoms with Crippen LogP contribution in [0.3, 0.4) is 0 Å². The third-order valence-electron chi connectivity index (χ3n) is 4.00. The average molecular weight is 347 g/mol. The van der Waals surface area contributed by atoms with E-state index in [2.05, 4.69) is 15.3 Å². The zero-order chi connectivity index (χ0) is 18.1. The molecule has 2 heterocycles. The van der Waals surface area contributed by atoms with Crippen molar-refractivity contribution in [2.75, 3.05) is 5.32 Å². The number of pyridine rings is 1. The number of anilines is 1. The molecule has 0 saturated carbocycles. The van der Waals surface area contributed by atoms with Crippen molar-refractivity contribution in [2.24, 2.45) is 0 Å². The number of fused-ring (bicyclic) bond motifs is 1. The lowest BCUT2D eigenvalue weighted by Crippen LogP contribution is -2.12. The van der Waals surface area contributed by atoms with Crippen molar-refractivity contribution in [3.8, 4) is 11.5 Å². The van der Waals surface area contributed by atoms with E-state index in [1.54, 1.807) is 24.4 Å². The molecule has 128 valence electrons. The van der Waals surface area contributed by atoms with E-state index in [1.807, 2.05) is 19.1 Å². The van der Waals surface area contributed by atoms with Gasteiger partial charge in [0.05, 0.1) is 0 Å². The van der Waals surface area contributed by atoms with Crippen LogP contribution in [0.2, 0.25) is 0 Å². The zero-order valence-corrected chi connectivity index (χ0v) is 13.9. The molecule has 4 rings (SSSR count). The fourth-order valence-corrected chi connectivity index (χ4v) is 2.58. The average Bonchev–Trinajstić information content (AvgIpc) is 3.08. The maximum atomic E-state index is 13.0. The first-order valence-electron chi connectivity index (χ1n) is 8.00. The van der Waals surface area contributed by atoms with E-state index < -0.39 is 0 Å². The summed E-state index contributed by atoms with van der Waals surface area (Å²) in [4.78, 5) is 20.9. The van der Waals surface area contributed by atoms with Crippen LogP contribution in [0.15, 0.2) is 65.2 Å². The third-order valence-corrected chi connectivity index (χ3v) is 4.00. The molecular weight excluding hydrogens is 333 g/mol. The molecule has 5 nitrogen and oxygen atoms in total. The van der Waals surface area contributed by atoms with Crippen LogP contribution in [0, 0.1) is 12.7 Å². The predicted molar refractivity (Wildman–Crippen MR) is 96.3 cm³/mol. The van der Waals surface area contributed by atoms with Gasteiger partial charge in [0.2, 0.25) is 5.89 Å². The van der Waals surface area contributed by atoms with Gasteiger partial charge >= 0.3 is 0 Å². The Kier molecular flexibility index (Phi) is 3.93. The monoisotopic (exact) mass is 347 g/mol. The van der Waals surface area contributed by atoms with Gasteiger partial charge in [0, 0.05) is 23.0 Å². The number of carbonyl (C=O) groups is 1. The first kappa shape index (κ1) is 16.0. The second kappa shape index (κ2) is 6.40. The van der Waals surface area contributed by atoms with Crippen LogP contribution in [0.4, 0.5) is 10.1 Å². The summed E-state index contributed by atoms with van der Waals surface area (Å²) in [6, 6.07) is 14.5. The van der Waals surface area contributed by atoms with Gasteiger partial charge in [-0.2, -0.15) is 4.98 Å². The molecule has 0 aliphatic carbocycles. The van der Waals surface area contributed by atoms with Gasteiger partial charge in [-0.05, 0) is 61.0 Å². The number of aryl methyl sites for hydroxylation is 1. The second-order valence-corrected chi connectivity index (χ2v) is 5.83. The van der Waals surface area contributed by atoms with Gasteiger partial charge in [0.1, 0.15) is 5.82 Å². The number of hydrogen-bond donors (Lipinski definition) is 1. The van der Waals surface area contributed by atoms with Crippen LogP contribution >= 0.6 is 0 Å². The number of oxazole rings is 1. The van der Waals surface area contributed by atoms with Gasteiger partial charge in [-0.15, -0.1) is 0 Å². The van der Waals surface area contributed by atoms with E-state index >= 15 is 0 Å². The highest BCUT2D eigenvalue weighted by molar-refractivity contribution is 6.04. The normalized spacial score (nSPS) is 10.8. The molecule has 0 unspecified atom stereocenters. The molecule has 26 heavy (non-hydrogen) atoms. The number of aromatic nitrogens is 2. The lowest BCUT2D eigenvalue weighted by molar-refractivity contribution is 0.102. The summed E-state index contributed by atoms with van der Waals surface area (Å²) in [5, 5.41) is 2.84. The first-order chi connectivity index (χ1) is 12.6. The number of benzene rings is 2. The van der Waals surface area contributed by atoms with Crippen molar-refractivity contribution >= 4 is 22.8 Å². The molecule has 2 aromatic heterocycles. The lowest BCUT2D eigenvalue weighted by Gasteiger charge is -2.09. The summed E-state index contributed by atoms with van der Waals surface area (Å²) >= 11 is 0. The largest absolute Gasteiger partial charge is 0.434 e. The molecule has 4 aromatic rings. The minimum atomic E-state index is -0.385. The van der Waals surface area contributed by atoms with E-state index in [4.69, 9.17) is 4.42 Å². The summed E-state index contributed by atoms with van der Waals surface area (Å²) in [6.45, 7) is 1.89. The molecule has 1 amide bonds. The summed E-state index contributed by atoms with van der Waals surface area (Å²) < 4.78 is 18.7. The molecule has 6 heteroatoms. The molecule has 0 bridgehead atoms. The molecule has 0 radical (unpaired) electrons. The minimum absolute atomic E-state index is 0.315. The molecule has 0 aliphatic heterocycles. The smallest absolute Gasteiger partial charge is 0.255 e. The highest BCUT2D eigenvalue weighted by atomic mass is 19.1. The van der Waals surface area contributed by atoms with Gasteiger partial charge in [0.25, 0.3) is 5.91 Å². The Bertz CT molecular complexity index is 1070. The van der Waals surface area contributed by atoms with E-state index in [0.29, 0.717) is 28.4 Å². The summed E-state index contributed by atoms with van der Waals surface area (Å²) in [7, 11) is 0. The number of carbonyl (C=O) groups excluding carboxylic acids is 1. The molecule has 1 N–H and O–H groups in total. The highest BCUT2D eigenvalue weighted by Gasteiger charge is 2.13. The zero-order valence-electron chi connectivity index (χ0n) is 13.9. The maximum Gasteiger partial charge on any atom is 0.255 e. The Morgan fingerprint density at radius 2 is 1.92 bits per heavy atom. The summed E-state index contributed by atoms with van der Waals surface area (Å²) in [5.41, 5.74) is 3.75.